The maximum absolute atomic E-state index is 12.8. The van der Waals surface area contributed by atoms with Crippen molar-refractivity contribution in [2.24, 2.45) is 0 Å². The normalized spacial score (nSPS) is 16.3. The van der Waals surface area contributed by atoms with Gasteiger partial charge in [0.25, 0.3) is 0 Å². The fourth-order valence-electron chi connectivity index (χ4n) is 4.97. The van der Waals surface area contributed by atoms with Gasteiger partial charge in [0.15, 0.2) is 11.5 Å². The van der Waals surface area contributed by atoms with Gasteiger partial charge in [-0.3, -0.25) is 0 Å². The third-order valence-electron chi connectivity index (χ3n) is 6.27. The molecule has 2 aliphatic heterocycles. The molecule has 6 rings (SSSR count). The average Bonchev–Trinajstić information content (AvgIpc) is 3.47. The number of aromatic nitrogens is 2. The fourth-order valence-corrected chi connectivity index (χ4v) is 4.97. The van der Waals surface area contributed by atoms with Gasteiger partial charge in [-0.15, -0.1) is 0 Å². The van der Waals surface area contributed by atoms with Crippen LogP contribution in [0.2, 0.25) is 0 Å². The van der Waals surface area contributed by atoms with Gasteiger partial charge in [-0.2, -0.15) is 0 Å². The predicted octanol–water partition coefficient (Wildman–Crippen LogP) is 4.73. The Morgan fingerprint density at radius 3 is 2.87 bits per heavy atom. The Kier molecular flexibility index (Phi) is 3.90. The minimum absolute atomic E-state index is 0.108. The van der Waals surface area contributed by atoms with E-state index in [1.54, 1.807) is 0 Å². The van der Waals surface area contributed by atoms with Crippen LogP contribution in [0.15, 0.2) is 48.5 Å². The molecule has 0 radical (unpaired) electrons. The van der Waals surface area contributed by atoms with E-state index in [1.807, 2.05) is 38.1 Å². The number of esters is 1. The minimum atomic E-state index is -0.271. The summed E-state index contributed by atoms with van der Waals surface area (Å²) in [6, 6.07) is 16.2. The van der Waals surface area contributed by atoms with Crippen LogP contribution < -0.4 is 9.47 Å². The largest absolute Gasteiger partial charge is 0.462 e. The highest BCUT2D eigenvalue weighted by atomic mass is 16.7. The van der Waals surface area contributed by atoms with Crippen LogP contribution in [-0.2, 0) is 11.2 Å². The summed E-state index contributed by atoms with van der Waals surface area (Å²) in [6.45, 7) is 4.47. The molecule has 1 N–H and O–H groups in total. The summed E-state index contributed by atoms with van der Waals surface area (Å²) in [6.07, 6.45) is 0.669. The molecule has 1 atom stereocenters. The Labute approximate surface area is 179 Å². The van der Waals surface area contributed by atoms with E-state index in [2.05, 4.69) is 33.8 Å². The third-order valence-corrected chi connectivity index (χ3v) is 6.27. The number of hydrogen-bond donors (Lipinski definition) is 1. The summed E-state index contributed by atoms with van der Waals surface area (Å²) in [5.74, 6) is 1.23. The summed E-state index contributed by atoms with van der Waals surface area (Å²) in [4.78, 5) is 16.4. The first kappa shape index (κ1) is 18.1. The number of ether oxygens (including phenoxy) is 3. The SMILES string of the molecule is CCOC(=O)c1cc(C)n2c1Cc1c([nH]c3ccccc13)C2c1ccc2c(c1)OCO2. The zero-order valence-corrected chi connectivity index (χ0v) is 17.4. The van der Waals surface area contributed by atoms with Crippen molar-refractivity contribution in [2.75, 3.05) is 13.4 Å². The van der Waals surface area contributed by atoms with E-state index < -0.39 is 0 Å². The van der Waals surface area contributed by atoms with E-state index in [9.17, 15) is 4.79 Å². The molecule has 1 unspecified atom stereocenters. The quantitative estimate of drug-likeness (QED) is 0.434. The van der Waals surface area contributed by atoms with E-state index in [1.165, 1.54) is 10.9 Å². The Morgan fingerprint density at radius 2 is 2.00 bits per heavy atom. The molecule has 0 fully saturated rings. The number of rotatable bonds is 3. The van der Waals surface area contributed by atoms with Crippen molar-refractivity contribution in [3.05, 3.63) is 82.3 Å². The number of para-hydroxylation sites is 1. The second-order valence-corrected chi connectivity index (χ2v) is 7.99. The molecule has 6 heteroatoms. The van der Waals surface area contributed by atoms with Crippen LogP contribution in [-0.4, -0.2) is 28.9 Å². The lowest BCUT2D eigenvalue weighted by Crippen LogP contribution is -2.23. The van der Waals surface area contributed by atoms with E-state index in [0.717, 1.165) is 39.7 Å². The first-order valence-electron chi connectivity index (χ1n) is 10.5. The summed E-state index contributed by atoms with van der Waals surface area (Å²) in [5.41, 5.74) is 7.17. The molecule has 4 heterocycles. The van der Waals surface area contributed by atoms with Crippen LogP contribution in [0, 0.1) is 6.92 Å². The molecular formula is C25H22N2O4. The van der Waals surface area contributed by atoms with Gasteiger partial charge in [0.05, 0.1) is 18.2 Å². The number of benzene rings is 2. The number of aromatic amines is 1. The van der Waals surface area contributed by atoms with Crippen LogP contribution in [0.1, 0.15) is 51.5 Å². The van der Waals surface area contributed by atoms with Crippen molar-refractivity contribution in [2.45, 2.75) is 26.3 Å². The van der Waals surface area contributed by atoms with Crippen molar-refractivity contribution in [3.63, 3.8) is 0 Å². The van der Waals surface area contributed by atoms with Crippen molar-refractivity contribution in [1.82, 2.24) is 9.55 Å². The molecular weight excluding hydrogens is 392 g/mol. The van der Waals surface area contributed by atoms with E-state index in [-0.39, 0.29) is 18.8 Å². The number of H-pyrrole nitrogens is 1. The van der Waals surface area contributed by atoms with Gasteiger partial charge in [0.2, 0.25) is 6.79 Å². The lowest BCUT2D eigenvalue weighted by molar-refractivity contribution is 0.0525. The van der Waals surface area contributed by atoms with Gasteiger partial charge < -0.3 is 23.8 Å². The molecule has 0 aliphatic carbocycles. The van der Waals surface area contributed by atoms with Gasteiger partial charge in [-0.05, 0) is 49.2 Å². The zero-order valence-electron chi connectivity index (χ0n) is 17.4. The van der Waals surface area contributed by atoms with Gasteiger partial charge >= 0.3 is 5.97 Å². The fraction of sp³-hybridized carbons (Fsp3) is 0.240. The van der Waals surface area contributed by atoms with Crippen molar-refractivity contribution in [1.29, 1.82) is 0 Å². The monoisotopic (exact) mass is 414 g/mol. The standard InChI is InChI=1S/C25H22N2O4/c1-3-29-25(28)18-10-14(2)27-20(18)12-17-16-6-4-5-7-19(16)26-23(17)24(27)15-8-9-21-22(11-15)31-13-30-21/h4-11,24,26H,3,12-13H2,1-2H3. The topological polar surface area (TPSA) is 65.5 Å². The van der Waals surface area contributed by atoms with Crippen LogP contribution in [0.4, 0.5) is 0 Å². The van der Waals surface area contributed by atoms with Crippen molar-refractivity contribution < 1.29 is 19.0 Å². The highest BCUT2D eigenvalue weighted by Crippen LogP contribution is 2.44. The number of carbonyl (C=O) groups excluding carboxylic acids is 1. The molecule has 0 saturated heterocycles. The van der Waals surface area contributed by atoms with Gasteiger partial charge in [-0.1, -0.05) is 24.3 Å². The highest BCUT2D eigenvalue weighted by molar-refractivity contribution is 5.93. The Balaban J connectivity index is 1.61. The van der Waals surface area contributed by atoms with Crippen LogP contribution in [0.25, 0.3) is 10.9 Å². The lowest BCUT2D eigenvalue weighted by atomic mass is 9.91. The van der Waals surface area contributed by atoms with Crippen molar-refractivity contribution >= 4 is 16.9 Å². The molecule has 0 amide bonds. The van der Waals surface area contributed by atoms with E-state index in [4.69, 9.17) is 14.2 Å². The highest BCUT2D eigenvalue weighted by Gasteiger charge is 2.35. The number of nitrogens with one attached hydrogen (secondary N) is 1. The first-order valence-corrected chi connectivity index (χ1v) is 10.5. The molecule has 6 nitrogen and oxygen atoms in total. The Bertz CT molecular complexity index is 1350. The predicted molar refractivity (Wildman–Crippen MR) is 116 cm³/mol. The molecule has 156 valence electrons. The number of nitrogens with zero attached hydrogens (tertiary/aromatic N) is 1. The van der Waals surface area contributed by atoms with Crippen molar-refractivity contribution in [3.8, 4) is 11.5 Å². The zero-order chi connectivity index (χ0) is 21.1. The lowest BCUT2D eigenvalue weighted by Gasteiger charge is -2.29. The van der Waals surface area contributed by atoms with Crippen LogP contribution in [0.3, 0.4) is 0 Å². The average molecular weight is 414 g/mol. The van der Waals surface area contributed by atoms with Gasteiger partial charge in [-0.25, -0.2) is 4.79 Å². The summed E-state index contributed by atoms with van der Waals surface area (Å²) in [7, 11) is 0. The van der Waals surface area contributed by atoms with Crippen LogP contribution >= 0.6 is 0 Å². The molecule has 0 saturated carbocycles. The van der Waals surface area contributed by atoms with E-state index >= 15 is 0 Å². The number of aryl methyl sites for hydroxylation is 1. The maximum Gasteiger partial charge on any atom is 0.339 e. The molecule has 2 aliphatic rings. The van der Waals surface area contributed by atoms with Gasteiger partial charge in [0, 0.05) is 34.4 Å². The Morgan fingerprint density at radius 1 is 1.16 bits per heavy atom. The van der Waals surface area contributed by atoms with Crippen LogP contribution in [0.5, 0.6) is 11.5 Å². The summed E-state index contributed by atoms with van der Waals surface area (Å²) in [5, 5.41) is 1.18. The molecule has 0 bridgehead atoms. The number of fused-ring (bicyclic) bond motifs is 5. The molecule has 0 spiro atoms. The maximum atomic E-state index is 12.8. The Hall–Kier alpha value is -3.67. The smallest absolute Gasteiger partial charge is 0.339 e. The molecule has 31 heavy (non-hydrogen) atoms. The summed E-state index contributed by atoms with van der Waals surface area (Å²) < 4.78 is 18.8. The molecule has 2 aromatic heterocycles. The first-order chi connectivity index (χ1) is 15.2. The summed E-state index contributed by atoms with van der Waals surface area (Å²) >= 11 is 0. The third kappa shape index (κ3) is 2.61. The molecule has 4 aromatic rings. The second-order valence-electron chi connectivity index (χ2n) is 7.99. The minimum Gasteiger partial charge on any atom is -0.462 e. The number of hydrogen-bond acceptors (Lipinski definition) is 4. The molecule has 2 aromatic carbocycles. The second kappa shape index (κ2) is 6.67. The van der Waals surface area contributed by atoms with E-state index in [0.29, 0.717) is 18.6 Å². The van der Waals surface area contributed by atoms with Gasteiger partial charge in [0.1, 0.15) is 0 Å². The number of carbonyl (C=O) groups is 1.